The van der Waals surface area contributed by atoms with Gasteiger partial charge in [-0.1, -0.05) is 23.7 Å². The van der Waals surface area contributed by atoms with Crippen molar-refractivity contribution in [3.05, 3.63) is 58.4 Å². The maximum atomic E-state index is 12.8. The standard InChI is InChI=1S/C18H18ClF3N2O2/c1-11(3-4-12-5-7-14(26-2)8-6-12)24-17(25)15-9-13(18(20,21)22)10-23-16(15)19/h5-11H,3-4H2,1-2H3,(H,24,25)/t11-/m1/s1. The Bertz CT molecular complexity index is 764. The SMILES string of the molecule is COc1ccc(CC[C@@H](C)NC(=O)c2cc(C(F)(F)F)cnc2Cl)cc1. The fourth-order valence-corrected chi connectivity index (χ4v) is 2.50. The number of aryl methyl sites for hydroxylation is 1. The molecule has 0 aliphatic rings. The second-order valence-corrected chi connectivity index (χ2v) is 6.18. The van der Waals surface area contributed by atoms with E-state index in [-0.39, 0.29) is 16.8 Å². The van der Waals surface area contributed by atoms with E-state index in [0.717, 1.165) is 11.3 Å². The van der Waals surface area contributed by atoms with E-state index in [4.69, 9.17) is 16.3 Å². The van der Waals surface area contributed by atoms with Crippen molar-refractivity contribution < 1.29 is 22.7 Å². The van der Waals surface area contributed by atoms with Crippen LogP contribution in [0.15, 0.2) is 36.5 Å². The molecule has 0 fully saturated rings. The van der Waals surface area contributed by atoms with Crippen LogP contribution in [-0.2, 0) is 12.6 Å². The van der Waals surface area contributed by atoms with Gasteiger partial charge in [0.2, 0.25) is 0 Å². The van der Waals surface area contributed by atoms with Crippen LogP contribution in [0.2, 0.25) is 5.15 Å². The van der Waals surface area contributed by atoms with E-state index >= 15 is 0 Å². The van der Waals surface area contributed by atoms with Gasteiger partial charge >= 0.3 is 6.18 Å². The molecular formula is C18H18ClF3N2O2. The molecule has 1 atom stereocenters. The maximum absolute atomic E-state index is 12.8. The number of methoxy groups -OCH3 is 1. The smallest absolute Gasteiger partial charge is 0.417 e. The minimum absolute atomic E-state index is 0.254. The van der Waals surface area contributed by atoms with Gasteiger partial charge in [-0.05, 0) is 43.5 Å². The van der Waals surface area contributed by atoms with E-state index in [2.05, 4.69) is 10.3 Å². The highest BCUT2D eigenvalue weighted by Crippen LogP contribution is 2.30. The summed E-state index contributed by atoms with van der Waals surface area (Å²) in [7, 11) is 1.58. The molecule has 0 radical (unpaired) electrons. The van der Waals surface area contributed by atoms with Crippen molar-refractivity contribution in [2.75, 3.05) is 7.11 Å². The first-order chi connectivity index (χ1) is 12.2. The molecule has 1 aromatic carbocycles. The molecule has 0 saturated carbocycles. The quantitative estimate of drug-likeness (QED) is 0.743. The van der Waals surface area contributed by atoms with Gasteiger partial charge < -0.3 is 10.1 Å². The van der Waals surface area contributed by atoms with Gasteiger partial charge in [-0.3, -0.25) is 4.79 Å². The van der Waals surface area contributed by atoms with Gasteiger partial charge in [0.1, 0.15) is 10.9 Å². The number of nitrogens with one attached hydrogen (secondary N) is 1. The molecule has 0 saturated heterocycles. The lowest BCUT2D eigenvalue weighted by Gasteiger charge is -2.15. The fourth-order valence-electron chi connectivity index (χ4n) is 2.31. The first-order valence-corrected chi connectivity index (χ1v) is 8.25. The Kier molecular flexibility index (Phi) is 6.47. The summed E-state index contributed by atoms with van der Waals surface area (Å²) in [5.41, 5.74) is -0.249. The van der Waals surface area contributed by atoms with Crippen LogP contribution < -0.4 is 10.1 Å². The van der Waals surface area contributed by atoms with Gasteiger partial charge in [0.15, 0.2) is 0 Å². The Morgan fingerprint density at radius 1 is 1.31 bits per heavy atom. The normalized spacial score (nSPS) is 12.5. The molecule has 1 heterocycles. The summed E-state index contributed by atoms with van der Waals surface area (Å²) < 4.78 is 43.4. The Balaban J connectivity index is 1.98. The van der Waals surface area contributed by atoms with E-state index < -0.39 is 17.6 Å². The summed E-state index contributed by atoms with van der Waals surface area (Å²) in [4.78, 5) is 15.7. The van der Waals surface area contributed by atoms with Crippen LogP contribution in [0.25, 0.3) is 0 Å². The Morgan fingerprint density at radius 3 is 2.54 bits per heavy atom. The molecule has 0 aliphatic heterocycles. The number of pyridine rings is 1. The number of halogens is 4. The number of carbonyl (C=O) groups is 1. The first-order valence-electron chi connectivity index (χ1n) is 7.87. The van der Waals surface area contributed by atoms with Crippen molar-refractivity contribution in [1.82, 2.24) is 10.3 Å². The molecule has 8 heteroatoms. The minimum Gasteiger partial charge on any atom is -0.497 e. The summed E-state index contributed by atoms with van der Waals surface area (Å²) in [6, 6.07) is 7.97. The fraction of sp³-hybridized carbons (Fsp3) is 0.333. The average Bonchev–Trinajstić information content (AvgIpc) is 2.59. The van der Waals surface area contributed by atoms with E-state index in [1.165, 1.54) is 0 Å². The van der Waals surface area contributed by atoms with Crippen LogP contribution in [0.1, 0.15) is 34.8 Å². The van der Waals surface area contributed by atoms with Gasteiger partial charge in [0.25, 0.3) is 5.91 Å². The predicted molar refractivity (Wildman–Crippen MR) is 92.5 cm³/mol. The number of rotatable bonds is 6. The molecule has 1 aromatic heterocycles. The van der Waals surface area contributed by atoms with E-state index in [1.807, 2.05) is 24.3 Å². The number of ether oxygens (including phenoxy) is 1. The molecule has 140 valence electrons. The van der Waals surface area contributed by atoms with Gasteiger partial charge in [-0.25, -0.2) is 4.98 Å². The number of alkyl halides is 3. The van der Waals surface area contributed by atoms with Crippen molar-refractivity contribution in [3.63, 3.8) is 0 Å². The zero-order valence-electron chi connectivity index (χ0n) is 14.2. The molecule has 2 aromatic rings. The highest BCUT2D eigenvalue weighted by Gasteiger charge is 2.32. The highest BCUT2D eigenvalue weighted by molar-refractivity contribution is 6.32. The summed E-state index contributed by atoms with van der Waals surface area (Å²) in [6.07, 6.45) is -2.68. The molecule has 0 spiro atoms. The van der Waals surface area contributed by atoms with Crippen LogP contribution in [0.3, 0.4) is 0 Å². The second-order valence-electron chi connectivity index (χ2n) is 5.82. The third kappa shape index (κ3) is 5.36. The zero-order chi connectivity index (χ0) is 19.3. The van der Waals surface area contributed by atoms with Crippen molar-refractivity contribution in [2.45, 2.75) is 32.0 Å². The molecule has 2 rings (SSSR count). The van der Waals surface area contributed by atoms with E-state index in [0.29, 0.717) is 25.1 Å². The molecule has 26 heavy (non-hydrogen) atoms. The molecule has 1 amide bonds. The molecule has 0 bridgehead atoms. The van der Waals surface area contributed by atoms with Crippen LogP contribution in [-0.4, -0.2) is 24.0 Å². The zero-order valence-corrected chi connectivity index (χ0v) is 15.0. The minimum atomic E-state index is -4.59. The van der Waals surface area contributed by atoms with Gasteiger partial charge in [-0.15, -0.1) is 0 Å². The third-order valence-corrected chi connectivity index (χ3v) is 4.11. The largest absolute Gasteiger partial charge is 0.497 e. The molecule has 0 aliphatic carbocycles. The molecular weight excluding hydrogens is 369 g/mol. The third-order valence-electron chi connectivity index (χ3n) is 3.81. The number of nitrogens with zero attached hydrogens (tertiary/aromatic N) is 1. The van der Waals surface area contributed by atoms with Gasteiger partial charge in [0.05, 0.1) is 18.2 Å². The number of amides is 1. The number of benzene rings is 1. The van der Waals surface area contributed by atoms with E-state index in [1.54, 1.807) is 14.0 Å². The van der Waals surface area contributed by atoms with Crippen LogP contribution in [0, 0.1) is 0 Å². The highest BCUT2D eigenvalue weighted by atomic mass is 35.5. The monoisotopic (exact) mass is 386 g/mol. The van der Waals surface area contributed by atoms with Crippen LogP contribution in [0.4, 0.5) is 13.2 Å². The molecule has 1 N–H and O–H groups in total. The molecule has 4 nitrogen and oxygen atoms in total. The lowest BCUT2D eigenvalue weighted by molar-refractivity contribution is -0.137. The Labute approximate surface area is 154 Å². The van der Waals surface area contributed by atoms with Gasteiger partial charge in [0, 0.05) is 12.2 Å². The second kappa shape index (κ2) is 8.40. The number of hydrogen-bond acceptors (Lipinski definition) is 3. The Morgan fingerprint density at radius 2 is 1.96 bits per heavy atom. The predicted octanol–water partition coefficient (Wildman–Crippen LogP) is 4.51. The Hall–Kier alpha value is -2.28. The first kappa shape index (κ1) is 20.0. The number of hydrogen-bond donors (Lipinski definition) is 1. The van der Waals surface area contributed by atoms with Crippen molar-refractivity contribution in [3.8, 4) is 5.75 Å². The van der Waals surface area contributed by atoms with Gasteiger partial charge in [-0.2, -0.15) is 13.2 Å². The summed E-state index contributed by atoms with van der Waals surface area (Å²) in [5.74, 6) is 0.0672. The lowest BCUT2D eigenvalue weighted by atomic mass is 10.1. The summed E-state index contributed by atoms with van der Waals surface area (Å²) in [6.45, 7) is 1.77. The van der Waals surface area contributed by atoms with Crippen LogP contribution >= 0.6 is 11.6 Å². The van der Waals surface area contributed by atoms with Crippen LogP contribution in [0.5, 0.6) is 5.75 Å². The van der Waals surface area contributed by atoms with Crippen molar-refractivity contribution >= 4 is 17.5 Å². The topological polar surface area (TPSA) is 51.2 Å². The average molecular weight is 387 g/mol. The number of aromatic nitrogens is 1. The van der Waals surface area contributed by atoms with E-state index in [9.17, 15) is 18.0 Å². The lowest BCUT2D eigenvalue weighted by Crippen LogP contribution is -2.33. The maximum Gasteiger partial charge on any atom is 0.417 e. The molecule has 0 unspecified atom stereocenters. The summed E-state index contributed by atoms with van der Waals surface area (Å²) in [5, 5.41) is 2.39. The van der Waals surface area contributed by atoms with Crippen molar-refractivity contribution in [1.29, 1.82) is 0 Å². The summed E-state index contributed by atoms with van der Waals surface area (Å²) >= 11 is 5.77. The number of carbonyl (C=O) groups excluding carboxylic acids is 1. The van der Waals surface area contributed by atoms with Crippen molar-refractivity contribution in [2.24, 2.45) is 0 Å².